The molecule has 0 spiro atoms. The first-order chi connectivity index (χ1) is 12.4. The summed E-state index contributed by atoms with van der Waals surface area (Å²) in [5.41, 5.74) is 0. The number of aliphatic carboxylic acids is 1. The van der Waals surface area contributed by atoms with Gasteiger partial charge >= 0.3 is 5.97 Å². The molecule has 5 heteroatoms. The summed E-state index contributed by atoms with van der Waals surface area (Å²) in [6.45, 7) is 4.33. The van der Waals surface area contributed by atoms with Gasteiger partial charge in [0.05, 0.1) is 12.2 Å². The molecule has 3 N–H and O–H groups in total. The van der Waals surface area contributed by atoms with Crippen molar-refractivity contribution in [1.29, 1.82) is 0 Å². The topological polar surface area (TPSA) is 81.0 Å². The van der Waals surface area contributed by atoms with E-state index in [4.69, 9.17) is 0 Å². The van der Waals surface area contributed by atoms with E-state index in [0.29, 0.717) is 24.3 Å². The van der Waals surface area contributed by atoms with Crippen molar-refractivity contribution in [2.24, 2.45) is 17.8 Å². The summed E-state index contributed by atoms with van der Waals surface area (Å²) in [7, 11) is 0. The molecule has 0 radical (unpaired) electrons. The lowest BCUT2D eigenvalue weighted by Gasteiger charge is -2.38. The number of hydrogen-bond acceptors (Lipinski definition) is 4. The van der Waals surface area contributed by atoms with Crippen molar-refractivity contribution >= 4 is 5.97 Å². The van der Waals surface area contributed by atoms with Gasteiger partial charge in [0.15, 0.2) is 0 Å². The Hall–Kier alpha value is -0.910. The molecule has 0 aromatic carbocycles. The first kappa shape index (κ1) is 19.8. The third-order valence-corrected chi connectivity index (χ3v) is 6.91. The van der Waals surface area contributed by atoms with E-state index in [-0.39, 0.29) is 18.0 Å². The Bertz CT molecular complexity index is 522. The summed E-state index contributed by atoms with van der Waals surface area (Å²) >= 11 is 0. The van der Waals surface area contributed by atoms with Gasteiger partial charge in [0, 0.05) is 18.0 Å². The van der Waals surface area contributed by atoms with Crippen LogP contribution in [-0.2, 0) is 4.79 Å². The van der Waals surface area contributed by atoms with Gasteiger partial charge in [0.2, 0.25) is 0 Å². The lowest BCUT2D eigenvalue weighted by molar-refractivity contribution is -0.146. The number of aliphatic hydroxyl groups is 2. The highest BCUT2D eigenvalue weighted by molar-refractivity contribution is 5.73. The Balaban J connectivity index is 1.65. The molecule has 5 nitrogen and oxygen atoms in total. The zero-order chi connectivity index (χ0) is 18.8. The van der Waals surface area contributed by atoms with Crippen molar-refractivity contribution in [1.82, 2.24) is 4.90 Å². The standard InChI is InChI=1S/C21H35NO4/c1-3-5-13(2)10-15(23)8-9-16-17-11-14-6-4-7-18(21(25)26)22(14)19(17)12-20(16)24/h8-9,13-20,23-24H,3-7,10-12H2,1-2H3,(H,25,26)/b9-8+/t13?,14?,15-,16+,17+,18?,19+,20+/m0/s1. The molecule has 3 fully saturated rings. The van der Waals surface area contributed by atoms with Gasteiger partial charge in [-0.1, -0.05) is 38.8 Å². The van der Waals surface area contributed by atoms with Crippen LogP contribution in [0.1, 0.15) is 65.2 Å². The third-order valence-electron chi connectivity index (χ3n) is 6.91. The predicted molar refractivity (Wildman–Crippen MR) is 101 cm³/mol. The summed E-state index contributed by atoms with van der Waals surface area (Å²) in [6, 6.07) is 0.124. The molecular weight excluding hydrogens is 330 g/mol. The van der Waals surface area contributed by atoms with Crippen LogP contribution >= 0.6 is 0 Å². The Labute approximate surface area is 157 Å². The van der Waals surface area contributed by atoms with Crippen LogP contribution < -0.4 is 0 Å². The van der Waals surface area contributed by atoms with Crippen LogP contribution in [0, 0.1) is 17.8 Å². The third kappa shape index (κ3) is 4.00. The van der Waals surface area contributed by atoms with Crippen LogP contribution in [0.2, 0.25) is 0 Å². The van der Waals surface area contributed by atoms with Crippen molar-refractivity contribution in [2.45, 2.75) is 95.5 Å². The van der Waals surface area contributed by atoms with E-state index in [1.807, 2.05) is 12.2 Å². The number of aliphatic hydroxyl groups excluding tert-OH is 2. The minimum Gasteiger partial charge on any atom is -0.480 e. The zero-order valence-electron chi connectivity index (χ0n) is 16.1. The van der Waals surface area contributed by atoms with Crippen molar-refractivity contribution < 1.29 is 20.1 Å². The van der Waals surface area contributed by atoms with Crippen molar-refractivity contribution in [2.75, 3.05) is 0 Å². The fraction of sp³-hybridized carbons (Fsp3) is 0.857. The van der Waals surface area contributed by atoms with Crippen molar-refractivity contribution in [3.8, 4) is 0 Å². The fourth-order valence-electron chi connectivity index (χ4n) is 5.81. The maximum Gasteiger partial charge on any atom is 0.320 e. The maximum atomic E-state index is 11.7. The number of carboxylic acid groups (broad SMARTS) is 1. The monoisotopic (exact) mass is 365 g/mol. The highest BCUT2D eigenvalue weighted by Crippen LogP contribution is 2.49. The number of fused-ring (bicyclic) bond motifs is 3. The summed E-state index contributed by atoms with van der Waals surface area (Å²) in [6.07, 6.45) is 10.4. The molecule has 3 unspecified atom stereocenters. The van der Waals surface area contributed by atoms with Gasteiger partial charge in [-0.25, -0.2) is 0 Å². The Kier molecular flexibility index (Phi) is 6.41. The lowest BCUT2D eigenvalue weighted by Crippen LogP contribution is -2.51. The minimum atomic E-state index is -0.718. The molecule has 3 rings (SSSR count). The summed E-state index contributed by atoms with van der Waals surface area (Å²) in [5, 5.41) is 30.5. The second-order valence-corrected chi connectivity index (χ2v) is 8.82. The molecule has 0 bridgehead atoms. The van der Waals surface area contributed by atoms with Gasteiger partial charge in [0.1, 0.15) is 6.04 Å². The molecule has 2 aliphatic heterocycles. The Morgan fingerprint density at radius 2 is 2.08 bits per heavy atom. The molecule has 3 aliphatic rings. The molecule has 0 aromatic heterocycles. The summed E-state index contributed by atoms with van der Waals surface area (Å²) in [4.78, 5) is 13.9. The predicted octanol–water partition coefficient (Wildman–Crippen LogP) is 2.81. The van der Waals surface area contributed by atoms with Gasteiger partial charge in [-0.2, -0.15) is 0 Å². The highest BCUT2D eigenvalue weighted by atomic mass is 16.4. The molecule has 0 amide bonds. The van der Waals surface area contributed by atoms with Gasteiger partial charge in [-0.15, -0.1) is 0 Å². The summed E-state index contributed by atoms with van der Waals surface area (Å²) in [5.74, 6) is 0.129. The number of piperidine rings is 1. The van der Waals surface area contributed by atoms with E-state index in [0.717, 1.165) is 44.9 Å². The molecule has 1 saturated carbocycles. The highest BCUT2D eigenvalue weighted by Gasteiger charge is 2.54. The normalized spacial score (nSPS) is 39.7. The van der Waals surface area contributed by atoms with Gasteiger partial charge in [-0.3, -0.25) is 9.69 Å². The first-order valence-electron chi connectivity index (χ1n) is 10.5. The maximum absolute atomic E-state index is 11.7. The van der Waals surface area contributed by atoms with E-state index < -0.39 is 18.2 Å². The van der Waals surface area contributed by atoms with Gasteiger partial charge in [-0.05, 0) is 50.4 Å². The van der Waals surface area contributed by atoms with Crippen molar-refractivity contribution in [3.63, 3.8) is 0 Å². The largest absolute Gasteiger partial charge is 0.480 e. The zero-order valence-corrected chi connectivity index (χ0v) is 16.1. The van der Waals surface area contributed by atoms with E-state index in [2.05, 4.69) is 18.7 Å². The average Bonchev–Trinajstić information content (AvgIpc) is 3.07. The molecule has 2 heterocycles. The second kappa shape index (κ2) is 8.41. The van der Waals surface area contributed by atoms with E-state index in [1.165, 1.54) is 0 Å². The van der Waals surface area contributed by atoms with Crippen LogP contribution in [0.15, 0.2) is 12.2 Å². The van der Waals surface area contributed by atoms with E-state index in [9.17, 15) is 20.1 Å². The molecule has 148 valence electrons. The number of nitrogens with zero attached hydrogens (tertiary/aromatic N) is 1. The molecule has 1 aliphatic carbocycles. The van der Waals surface area contributed by atoms with Crippen LogP contribution in [0.25, 0.3) is 0 Å². The lowest BCUT2D eigenvalue weighted by atomic mass is 9.88. The fourth-order valence-corrected chi connectivity index (χ4v) is 5.81. The van der Waals surface area contributed by atoms with Crippen LogP contribution in [-0.4, -0.2) is 56.5 Å². The molecule has 2 saturated heterocycles. The first-order valence-corrected chi connectivity index (χ1v) is 10.5. The average molecular weight is 366 g/mol. The quantitative estimate of drug-likeness (QED) is 0.605. The molecule has 0 aromatic rings. The molecule has 26 heavy (non-hydrogen) atoms. The smallest absolute Gasteiger partial charge is 0.320 e. The van der Waals surface area contributed by atoms with Crippen LogP contribution in [0.5, 0.6) is 0 Å². The van der Waals surface area contributed by atoms with Crippen molar-refractivity contribution in [3.05, 3.63) is 12.2 Å². The number of carbonyl (C=O) groups is 1. The van der Waals surface area contributed by atoms with Gasteiger partial charge < -0.3 is 15.3 Å². The van der Waals surface area contributed by atoms with E-state index >= 15 is 0 Å². The van der Waals surface area contributed by atoms with Gasteiger partial charge in [0.25, 0.3) is 0 Å². The van der Waals surface area contributed by atoms with E-state index in [1.54, 1.807) is 0 Å². The summed E-state index contributed by atoms with van der Waals surface area (Å²) < 4.78 is 0. The molecule has 8 atom stereocenters. The SMILES string of the molecule is CCCC(C)C[C@@H](O)/C=C/[C@@H]1[C@H]2CC3CCCC(C(=O)O)N3[C@@H]2C[C@H]1O. The Morgan fingerprint density at radius 1 is 1.31 bits per heavy atom. The number of hydrogen-bond donors (Lipinski definition) is 3. The molecular formula is C21H35NO4. The number of rotatable bonds is 7. The minimum absolute atomic E-state index is 0.0381. The second-order valence-electron chi connectivity index (χ2n) is 8.82. The van der Waals surface area contributed by atoms with Crippen LogP contribution in [0.4, 0.5) is 0 Å². The Morgan fingerprint density at radius 3 is 2.77 bits per heavy atom. The number of carboxylic acids is 1. The van der Waals surface area contributed by atoms with Crippen LogP contribution in [0.3, 0.4) is 0 Å².